The van der Waals surface area contributed by atoms with Crippen molar-refractivity contribution in [1.29, 1.82) is 0 Å². The van der Waals surface area contributed by atoms with Gasteiger partial charge in [-0.3, -0.25) is 9.59 Å². The highest BCUT2D eigenvalue weighted by Crippen LogP contribution is 2.41. The van der Waals surface area contributed by atoms with Gasteiger partial charge in [-0.1, -0.05) is 50.2 Å². The maximum absolute atomic E-state index is 13.7. The molecule has 0 radical (unpaired) electrons. The van der Waals surface area contributed by atoms with E-state index in [0.29, 0.717) is 22.8 Å². The number of alkyl carbamates (subject to hydrolysis) is 1. The molecule has 0 aliphatic rings. The Labute approximate surface area is 288 Å². The number of amides is 3. The minimum atomic E-state index is -1.21. The molecule has 14 nitrogen and oxygen atoms in total. The summed E-state index contributed by atoms with van der Waals surface area (Å²) < 4.78 is 26.3. The largest absolute Gasteiger partial charge is 0.493 e. The lowest BCUT2D eigenvalue weighted by molar-refractivity contribution is -0.144. The summed E-state index contributed by atoms with van der Waals surface area (Å²) in [5, 5.41) is 26.7. The van der Waals surface area contributed by atoms with E-state index in [-0.39, 0.29) is 31.8 Å². The van der Waals surface area contributed by atoms with Crippen LogP contribution in [0.15, 0.2) is 42.5 Å². The van der Waals surface area contributed by atoms with Gasteiger partial charge >= 0.3 is 12.1 Å². The van der Waals surface area contributed by atoms with Gasteiger partial charge in [0.25, 0.3) is 0 Å². The number of nitrogens with one attached hydrogen (secondary N) is 2. The van der Waals surface area contributed by atoms with E-state index in [1.165, 1.54) is 28.4 Å². The smallest absolute Gasteiger partial charge is 0.407 e. The molecule has 14 heteroatoms. The van der Waals surface area contributed by atoms with Crippen LogP contribution in [0.1, 0.15) is 52.2 Å². The maximum atomic E-state index is 13.7. The van der Waals surface area contributed by atoms with Crippen LogP contribution in [0.25, 0.3) is 0 Å². The molecule has 0 aliphatic carbocycles. The molecule has 49 heavy (non-hydrogen) atoms. The first-order valence-electron chi connectivity index (χ1n) is 15.8. The second-order valence-electron chi connectivity index (χ2n) is 12.6. The molecule has 0 aliphatic heterocycles. The number of carboxylic acid groups (broad SMARTS) is 1. The molecule has 2 rings (SSSR count). The Kier molecular flexibility index (Phi) is 18.0. The van der Waals surface area contributed by atoms with Crippen LogP contribution in [0.4, 0.5) is 4.79 Å². The third kappa shape index (κ3) is 15.0. The van der Waals surface area contributed by atoms with Gasteiger partial charge in [0.1, 0.15) is 18.2 Å². The standard InChI is InChI=1S/C32H46N2O9.C3H7NO2/c1-19(2)26(30(37)38)34-29(36)22(17-21-14-15-25(40-6)28(42-8)27(21)41-7)18-24(35)23(16-20-12-10-9-11-13-20)33-31(39)43-32(3,4)5;1-6-2-3(4)5/h9-15,19,22-24,26,35H,16-18H2,1-8H3,(H,33,39)(H,34,36)(H,37,38);2H2,1H3,(H2,4,5)/t22?,23?,24?,26-;/m0./s1. The fourth-order valence-electron chi connectivity index (χ4n) is 4.87. The van der Waals surface area contributed by atoms with Gasteiger partial charge < -0.3 is 50.3 Å². The van der Waals surface area contributed by atoms with Crippen molar-refractivity contribution in [3.05, 3.63) is 53.6 Å². The molecule has 0 fully saturated rings. The highest BCUT2D eigenvalue weighted by molar-refractivity contribution is 5.85. The summed E-state index contributed by atoms with van der Waals surface area (Å²) in [5.74, 6) is -2.35. The lowest BCUT2D eigenvalue weighted by atomic mass is 9.87. The quantitative estimate of drug-likeness (QED) is 0.163. The van der Waals surface area contributed by atoms with Gasteiger partial charge in [0, 0.05) is 13.0 Å². The summed E-state index contributed by atoms with van der Waals surface area (Å²) in [7, 11) is 5.84. The first-order chi connectivity index (χ1) is 23.0. The van der Waals surface area contributed by atoms with Crippen LogP contribution in [-0.4, -0.2) is 92.9 Å². The summed E-state index contributed by atoms with van der Waals surface area (Å²) in [5.41, 5.74) is 5.32. The lowest BCUT2D eigenvalue weighted by Crippen LogP contribution is -2.50. The molecular weight excluding hydrogens is 638 g/mol. The molecule has 0 saturated heterocycles. The van der Waals surface area contributed by atoms with Crippen LogP contribution in [0.3, 0.4) is 0 Å². The molecule has 3 amide bonds. The van der Waals surface area contributed by atoms with Crippen LogP contribution in [0.2, 0.25) is 0 Å². The first kappa shape index (κ1) is 42.5. The van der Waals surface area contributed by atoms with Gasteiger partial charge in [0.15, 0.2) is 11.5 Å². The SMILES string of the molecule is COCC(N)=O.COc1ccc(CC(CC(O)C(Cc2ccccc2)NC(=O)OC(C)(C)C)C(=O)N[C@H](C(=O)O)C(C)C)c(OC)c1OC. The van der Waals surface area contributed by atoms with Crippen LogP contribution in [0, 0.1) is 11.8 Å². The average molecular weight is 692 g/mol. The summed E-state index contributed by atoms with van der Waals surface area (Å²) in [6.07, 6.45) is -1.70. The zero-order valence-electron chi connectivity index (χ0n) is 29.9. The van der Waals surface area contributed by atoms with E-state index >= 15 is 0 Å². The van der Waals surface area contributed by atoms with Crippen molar-refractivity contribution in [1.82, 2.24) is 10.6 Å². The zero-order valence-corrected chi connectivity index (χ0v) is 29.9. The van der Waals surface area contributed by atoms with E-state index in [2.05, 4.69) is 21.1 Å². The van der Waals surface area contributed by atoms with Crippen molar-refractivity contribution in [2.75, 3.05) is 35.0 Å². The Hall–Kier alpha value is -4.56. The van der Waals surface area contributed by atoms with Gasteiger partial charge in [-0.25, -0.2) is 9.59 Å². The van der Waals surface area contributed by atoms with Gasteiger partial charge in [-0.2, -0.15) is 0 Å². The molecule has 0 saturated carbocycles. The van der Waals surface area contributed by atoms with E-state index in [4.69, 9.17) is 18.9 Å². The van der Waals surface area contributed by atoms with Gasteiger partial charge in [0.05, 0.1) is 33.5 Å². The van der Waals surface area contributed by atoms with E-state index < -0.39 is 53.6 Å². The fraction of sp³-hybridized carbons (Fsp3) is 0.543. The number of aliphatic carboxylic acids is 1. The molecule has 0 bridgehead atoms. The lowest BCUT2D eigenvalue weighted by Gasteiger charge is -2.30. The summed E-state index contributed by atoms with van der Waals surface area (Å²) in [4.78, 5) is 48.0. The number of rotatable bonds is 17. The van der Waals surface area contributed by atoms with Crippen molar-refractivity contribution < 1.29 is 53.1 Å². The molecule has 4 atom stereocenters. The number of benzene rings is 2. The first-order valence-corrected chi connectivity index (χ1v) is 15.8. The maximum Gasteiger partial charge on any atom is 0.407 e. The number of carboxylic acids is 1. The molecule has 2 aromatic carbocycles. The number of ether oxygens (including phenoxy) is 5. The number of aliphatic hydroxyl groups excluding tert-OH is 1. The average Bonchev–Trinajstić information content (AvgIpc) is 3.01. The minimum absolute atomic E-state index is 0.0139. The van der Waals surface area contributed by atoms with E-state index in [1.807, 2.05) is 30.3 Å². The minimum Gasteiger partial charge on any atom is -0.493 e. The monoisotopic (exact) mass is 691 g/mol. The molecular formula is C35H53N3O11. The Balaban J connectivity index is 0.00000183. The van der Waals surface area contributed by atoms with E-state index in [9.17, 15) is 29.4 Å². The Morgan fingerprint density at radius 3 is 1.92 bits per heavy atom. The van der Waals surface area contributed by atoms with E-state index in [1.54, 1.807) is 46.8 Å². The Morgan fingerprint density at radius 1 is 0.857 bits per heavy atom. The topological polar surface area (TPSA) is 205 Å². The van der Waals surface area contributed by atoms with Crippen molar-refractivity contribution in [3.63, 3.8) is 0 Å². The molecule has 3 unspecified atom stereocenters. The summed E-state index contributed by atoms with van der Waals surface area (Å²) >= 11 is 0. The van der Waals surface area contributed by atoms with Gasteiger partial charge in [0.2, 0.25) is 17.6 Å². The third-order valence-corrected chi connectivity index (χ3v) is 7.13. The van der Waals surface area contributed by atoms with Crippen molar-refractivity contribution in [2.45, 2.75) is 77.7 Å². The van der Waals surface area contributed by atoms with Crippen LogP contribution >= 0.6 is 0 Å². The highest BCUT2D eigenvalue weighted by atomic mass is 16.6. The number of primary amides is 1. The van der Waals surface area contributed by atoms with Gasteiger partial charge in [-0.15, -0.1) is 0 Å². The van der Waals surface area contributed by atoms with Crippen LogP contribution in [-0.2, 0) is 36.7 Å². The molecule has 0 heterocycles. The molecule has 274 valence electrons. The molecule has 6 N–H and O–H groups in total. The number of hydrogen-bond acceptors (Lipinski definition) is 10. The molecule has 0 aromatic heterocycles. The normalized spacial score (nSPS) is 13.4. The fourth-order valence-corrected chi connectivity index (χ4v) is 4.87. The van der Waals surface area contributed by atoms with Crippen molar-refractivity contribution in [2.24, 2.45) is 17.6 Å². The second-order valence-corrected chi connectivity index (χ2v) is 12.6. The number of nitrogens with two attached hydrogens (primary N) is 1. The number of methoxy groups -OCH3 is 4. The summed E-state index contributed by atoms with van der Waals surface area (Å²) in [6, 6.07) is 10.8. The number of hydrogen-bond donors (Lipinski definition) is 5. The van der Waals surface area contributed by atoms with E-state index in [0.717, 1.165) is 5.56 Å². The summed E-state index contributed by atoms with van der Waals surface area (Å²) in [6.45, 7) is 8.61. The van der Waals surface area contributed by atoms with Crippen molar-refractivity contribution in [3.8, 4) is 17.2 Å². The molecule has 0 spiro atoms. The van der Waals surface area contributed by atoms with Gasteiger partial charge in [-0.05, 0) is 63.1 Å². The van der Waals surface area contributed by atoms with Crippen molar-refractivity contribution >= 4 is 23.9 Å². The van der Waals surface area contributed by atoms with Crippen LogP contribution < -0.4 is 30.6 Å². The predicted molar refractivity (Wildman–Crippen MR) is 183 cm³/mol. The highest BCUT2D eigenvalue weighted by Gasteiger charge is 2.33. The Morgan fingerprint density at radius 2 is 1.47 bits per heavy atom. The number of carbonyl (C=O) groups excluding carboxylic acids is 3. The predicted octanol–water partition coefficient (Wildman–Crippen LogP) is 3.10. The number of aliphatic hydroxyl groups is 1. The zero-order chi connectivity index (χ0) is 37.3. The second kappa shape index (κ2) is 20.7. The number of carbonyl (C=O) groups is 4. The molecule has 2 aromatic rings. The van der Waals surface area contributed by atoms with Crippen LogP contribution in [0.5, 0.6) is 17.2 Å². The third-order valence-electron chi connectivity index (χ3n) is 7.13. The Bertz CT molecular complexity index is 1350.